The van der Waals surface area contributed by atoms with Crippen LogP contribution < -0.4 is 0 Å². The number of hydrogen-bond donors (Lipinski definition) is 1. The minimum atomic E-state index is -1.05. The van der Waals surface area contributed by atoms with Gasteiger partial charge in [-0.1, -0.05) is 28.1 Å². The summed E-state index contributed by atoms with van der Waals surface area (Å²) in [4.78, 5) is 21.6. The molecule has 86 valence electrons. The largest absolute Gasteiger partial charge is 0.478 e. The first kappa shape index (κ1) is 13.2. The number of aromatic carboxylic acids is 1. The Kier molecular flexibility index (Phi) is 4.50. The number of carboxylic acids is 1. The van der Waals surface area contributed by atoms with Gasteiger partial charge in [0.1, 0.15) is 5.78 Å². The van der Waals surface area contributed by atoms with Crippen LogP contribution in [0.3, 0.4) is 0 Å². The van der Waals surface area contributed by atoms with Gasteiger partial charge >= 0.3 is 5.97 Å². The average Bonchev–Trinajstić information content (AvgIpc) is 2.26. The number of halogens is 2. The van der Waals surface area contributed by atoms with E-state index in [0.29, 0.717) is 5.56 Å². The minimum absolute atomic E-state index is 0.117. The fourth-order valence-corrected chi connectivity index (χ4v) is 1.86. The molecule has 3 nitrogen and oxygen atoms in total. The molecule has 0 aromatic heterocycles. The second-order valence-corrected chi connectivity index (χ2v) is 4.52. The molecular formula is C11H10BrClO3. The van der Waals surface area contributed by atoms with Crippen LogP contribution in [0.1, 0.15) is 33.2 Å². The summed E-state index contributed by atoms with van der Waals surface area (Å²) in [5, 5.41) is 8.99. The molecule has 5 heteroatoms. The smallest absolute Gasteiger partial charge is 0.336 e. The van der Waals surface area contributed by atoms with Gasteiger partial charge in [0.25, 0.3) is 0 Å². The highest BCUT2D eigenvalue weighted by molar-refractivity contribution is 9.09. The Balaban J connectivity index is 3.30. The number of rotatable bonds is 4. The van der Waals surface area contributed by atoms with Crippen molar-refractivity contribution in [2.24, 2.45) is 0 Å². The van der Waals surface area contributed by atoms with Gasteiger partial charge in [-0.2, -0.15) is 0 Å². The highest BCUT2D eigenvalue weighted by Crippen LogP contribution is 2.28. The molecule has 1 unspecified atom stereocenters. The van der Waals surface area contributed by atoms with Gasteiger partial charge in [0.15, 0.2) is 0 Å². The standard InChI is InChI=1S/C11H10BrClO3/c1-6(14)10(12)9-4-7(5-13)2-3-8(9)11(15)16/h2-4,10H,5H2,1H3,(H,15,16). The number of carboxylic acid groups (broad SMARTS) is 1. The van der Waals surface area contributed by atoms with E-state index >= 15 is 0 Å². The Morgan fingerprint density at radius 1 is 1.50 bits per heavy atom. The molecule has 0 bridgehead atoms. The maximum Gasteiger partial charge on any atom is 0.336 e. The monoisotopic (exact) mass is 304 g/mol. The van der Waals surface area contributed by atoms with Crippen LogP contribution in [0.2, 0.25) is 0 Å². The van der Waals surface area contributed by atoms with Crippen molar-refractivity contribution < 1.29 is 14.7 Å². The zero-order chi connectivity index (χ0) is 12.3. The Morgan fingerprint density at radius 2 is 2.12 bits per heavy atom. The lowest BCUT2D eigenvalue weighted by Crippen LogP contribution is -2.09. The molecule has 0 radical (unpaired) electrons. The molecule has 0 aliphatic carbocycles. The van der Waals surface area contributed by atoms with Gasteiger partial charge < -0.3 is 5.11 Å². The van der Waals surface area contributed by atoms with Crippen LogP contribution in [0.5, 0.6) is 0 Å². The number of hydrogen-bond acceptors (Lipinski definition) is 2. The highest BCUT2D eigenvalue weighted by Gasteiger charge is 2.20. The zero-order valence-electron chi connectivity index (χ0n) is 8.54. The van der Waals surface area contributed by atoms with Crippen LogP contribution in [-0.2, 0) is 10.7 Å². The first-order chi connectivity index (χ1) is 7.47. The predicted molar refractivity (Wildman–Crippen MR) is 65.3 cm³/mol. The quantitative estimate of drug-likeness (QED) is 0.869. The molecule has 0 saturated heterocycles. The van der Waals surface area contributed by atoms with E-state index in [4.69, 9.17) is 16.7 Å². The summed E-state index contributed by atoms with van der Waals surface area (Å²) in [7, 11) is 0. The molecular weight excluding hydrogens is 295 g/mol. The molecule has 0 aliphatic heterocycles. The average molecular weight is 306 g/mol. The third-order valence-electron chi connectivity index (χ3n) is 2.13. The van der Waals surface area contributed by atoms with Crippen molar-refractivity contribution in [3.05, 3.63) is 34.9 Å². The second kappa shape index (κ2) is 5.46. The zero-order valence-corrected chi connectivity index (χ0v) is 10.9. The molecule has 1 atom stereocenters. The molecule has 0 fully saturated rings. The Hall–Kier alpha value is -0.870. The van der Waals surface area contributed by atoms with Gasteiger partial charge in [-0.25, -0.2) is 4.79 Å². The van der Waals surface area contributed by atoms with Crippen molar-refractivity contribution in [2.45, 2.75) is 17.6 Å². The summed E-state index contributed by atoms with van der Waals surface area (Å²) in [6, 6.07) is 4.74. The van der Waals surface area contributed by atoms with E-state index < -0.39 is 10.8 Å². The van der Waals surface area contributed by atoms with Gasteiger partial charge in [-0.15, -0.1) is 11.6 Å². The van der Waals surface area contributed by atoms with Gasteiger partial charge in [-0.3, -0.25) is 4.79 Å². The third-order valence-corrected chi connectivity index (χ3v) is 3.58. The van der Waals surface area contributed by atoms with Crippen molar-refractivity contribution in [3.8, 4) is 0 Å². The highest BCUT2D eigenvalue weighted by atomic mass is 79.9. The first-order valence-electron chi connectivity index (χ1n) is 4.54. The van der Waals surface area contributed by atoms with Gasteiger partial charge in [0.2, 0.25) is 0 Å². The molecule has 1 aromatic carbocycles. The summed E-state index contributed by atoms with van der Waals surface area (Å²) in [5.41, 5.74) is 1.34. The third kappa shape index (κ3) is 2.83. The molecule has 0 saturated carbocycles. The normalized spacial score (nSPS) is 12.2. The number of alkyl halides is 2. The van der Waals surface area contributed by atoms with E-state index in [-0.39, 0.29) is 17.2 Å². The molecule has 1 N–H and O–H groups in total. The van der Waals surface area contributed by atoms with Crippen LogP contribution in [0.4, 0.5) is 0 Å². The lowest BCUT2D eigenvalue weighted by Gasteiger charge is -2.11. The van der Waals surface area contributed by atoms with E-state index in [9.17, 15) is 9.59 Å². The van der Waals surface area contributed by atoms with Gasteiger partial charge in [0.05, 0.1) is 10.4 Å². The van der Waals surface area contributed by atoms with E-state index in [0.717, 1.165) is 5.56 Å². The molecule has 0 heterocycles. The van der Waals surface area contributed by atoms with Crippen molar-refractivity contribution in [1.29, 1.82) is 0 Å². The maximum atomic E-state index is 11.2. The Morgan fingerprint density at radius 3 is 2.56 bits per heavy atom. The summed E-state index contributed by atoms with van der Waals surface area (Å²) in [5.74, 6) is -0.916. The molecule has 0 aliphatic rings. The molecule has 1 rings (SSSR count). The fourth-order valence-electron chi connectivity index (χ4n) is 1.32. The SMILES string of the molecule is CC(=O)C(Br)c1cc(CCl)ccc1C(=O)O. The summed E-state index contributed by atoms with van der Waals surface area (Å²) < 4.78 is 0. The number of ketones is 1. The summed E-state index contributed by atoms with van der Waals surface area (Å²) in [6.07, 6.45) is 0. The van der Waals surface area contributed by atoms with Crippen LogP contribution >= 0.6 is 27.5 Å². The van der Waals surface area contributed by atoms with E-state index in [2.05, 4.69) is 15.9 Å². The molecule has 16 heavy (non-hydrogen) atoms. The van der Waals surface area contributed by atoms with Crippen molar-refractivity contribution in [2.75, 3.05) is 0 Å². The second-order valence-electron chi connectivity index (χ2n) is 3.33. The van der Waals surface area contributed by atoms with Crippen LogP contribution in [-0.4, -0.2) is 16.9 Å². The van der Waals surface area contributed by atoms with E-state index in [1.165, 1.54) is 13.0 Å². The number of benzene rings is 1. The molecule has 0 amide bonds. The summed E-state index contributed by atoms with van der Waals surface area (Å²) in [6.45, 7) is 1.40. The number of carbonyl (C=O) groups excluding carboxylic acids is 1. The molecule has 0 spiro atoms. The summed E-state index contributed by atoms with van der Waals surface area (Å²) >= 11 is 8.84. The van der Waals surface area contributed by atoms with Crippen LogP contribution in [0.15, 0.2) is 18.2 Å². The van der Waals surface area contributed by atoms with Crippen molar-refractivity contribution in [1.82, 2.24) is 0 Å². The van der Waals surface area contributed by atoms with Gasteiger partial charge in [0, 0.05) is 5.88 Å². The lowest BCUT2D eigenvalue weighted by atomic mass is 10.00. The number of Topliss-reactive ketones (excluding diaryl/α,β-unsaturated/α-hetero) is 1. The van der Waals surface area contributed by atoms with Crippen LogP contribution in [0, 0.1) is 0 Å². The fraction of sp³-hybridized carbons (Fsp3) is 0.273. The maximum absolute atomic E-state index is 11.2. The lowest BCUT2D eigenvalue weighted by molar-refractivity contribution is -0.116. The Bertz CT molecular complexity index is 431. The minimum Gasteiger partial charge on any atom is -0.478 e. The number of carbonyl (C=O) groups is 2. The predicted octanol–water partition coefficient (Wildman–Crippen LogP) is 3.15. The Labute approximate surface area is 107 Å². The van der Waals surface area contributed by atoms with Crippen molar-refractivity contribution >= 4 is 39.3 Å². The topological polar surface area (TPSA) is 54.4 Å². The first-order valence-corrected chi connectivity index (χ1v) is 5.99. The van der Waals surface area contributed by atoms with Gasteiger partial charge in [-0.05, 0) is 24.1 Å². The van der Waals surface area contributed by atoms with E-state index in [1.54, 1.807) is 12.1 Å². The van der Waals surface area contributed by atoms with Crippen LogP contribution in [0.25, 0.3) is 0 Å². The van der Waals surface area contributed by atoms with E-state index in [1.807, 2.05) is 0 Å². The molecule has 1 aromatic rings. The van der Waals surface area contributed by atoms with Crippen molar-refractivity contribution in [3.63, 3.8) is 0 Å².